The van der Waals surface area contributed by atoms with E-state index in [1.54, 1.807) is 0 Å². The first-order valence-corrected chi connectivity index (χ1v) is 9.86. The van der Waals surface area contributed by atoms with Crippen molar-refractivity contribution in [1.82, 2.24) is 25.9 Å². The van der Waals surface area contributed by atoms with E-state index in [1.807, 2.05) is 5.32 Å². The van der Waals surface area contributed by atoms with Crippen LogP contribution >= 0.6 is 0 Å². The fourth-order valence-electron chi connectivity index (χ4n) is 2.71. The molecule has 0 radical (unpaired) electrons. The lowest BCUT2D eigenvalue weighted by Crippen LogP contribution is -2.59. The number of nitrogens with one attached hydrogen (secondary N) is 4. The van der Waals surface area contributed by atoms with Gasteiger partial charge in [0.25, 0.3) is 0 Å². The summed E-state index contributed by atoms with van der Waals surface area (Å²) >= 11 is 0. The SMILES string of the molecule is CC(O)C(NC(=O)C(CC(N)=O)NC(=O)C(CC(=O)O)NC(=O)C(N)Cc1cnc[nH]1)C(=O)O. The van der Waals surface area contributed by atoms with Crippen LogP contribution in [-0.4, -0.2) is 91.1 Å². The first-order chi connectivity index (χ1) is 15.8. The van der Waals surface area contributed by atoms with E-state index in [9.17, 15) is 33.9 Å². The van der Waals surface area contributed by atoms with Gasteiger partial charge in [-0.1, -0.05) is 0 Å². The Bertz CT molecular complexity index is 904. The Morgan fingerprint density at radius 3 is 2.03 bits per heavy atom. The van der Waals surface area contributed by atoms with Gasteiger partial charge in [-0.3, -0.25) is 24.0 Å². The molecule has 0 saturated heterocycles. The Hall–Kier alpha value is -4.05. The minimum absolute atomic E-state index is 0.00410. The molecule has 1 aromatic rings. The summed E-state index contributed by atoms with van der Waals surface area (Å²) in [5.74, 6) is -7.35. The minimum atomic E-state index is -1.77. The van der Waals surface area contributed by atoms with Gasteiger partial charge in [0.05, 0.1) is 31.3 Å². The Morgan fingerprint density at radius 1 is 1.00 bits per heavy atom. The number of aromatic amines is 1. The van der Waals surface area contributed by atoms with Crippen LogP contribution in [0.15, 0.2) is 12.5 Å². The number of carboxylic acid groups (broad SMARTS) is 2. The third-order valence-electron chi connectivity index (χ3n) is 4.43. The van der Waals surface area contributed by atoms with Gasteiger partial charge < -0.3 is 47.7 Å². The first-order valence-electron chi connectivity index (χ1n) is 9.86. The summed E-state index contributed by atoms with van der Waals surface area (Å²) in [6, 6.07) is -6.38. The number of hydrogen-bond acceptors (Lipinski definition) is 9. The number of hydrogen-bond donors (Lipinski definition) is 9. The van der Waals surface area contributed by atoms with Crippen molar-refractivity contribution in [3.63, 3.8) is 0 Å². The monoisotopic (exact) mass is 485 g/mol. The number of H-pyrrole nitrogens is 1. The summed E-state index contributed by atoms with van der Waals surface area (Å²) in [7, 11) is 0. The number of aliphatic hydroxyl groups excluding tert-OH is 1. The second-order valence-corrected chi connectivity index (χ2v) is 7.34. The third kappa shape index (κ3) is 9.21. The molecule has 11 N–H and O–H groups in total. The zero-order valence-electron chi connectivity index (χ0n) is 18.1. The van der Waals surface area contributed by atoms with E-state index in [4.69, 9.17) is 21.7 Å². The van der Waals surface area contributed by atoms with Crippen LogP contribution in [0.25, 0.3) is 0 Å². The fourth-order valence-corrected chi connectivity index (χ4v) is 2.71. The van der Waals surface area contributed by atoms with Gasteiger partial charge in [0.1, 0.15) is 12.1 Å². The number of aromatic nitrogens is 2. The Balaban J connectivity index is 2.96. The van der Waals surface area contributed by atoms with Crippen LogP contribution < -0.4 is 27.4 Å². The summed E-state index contributed by atoms with van der Waals surface area (Å²) in [6.07, 6.45) is -0.435. The lowest BCUT2D eigenvalue weighted by molar-refractivity contribution is -0.145. The standard InChI is InChI=1S/C18H27N7O9/c1-7(26)14(18(33)34)25-17(32)10(3-12(20)27)24-16(31)11(4-13(28)29)23-15(30)9(19)2-8-5-21-6-22-8/h5-7,9-11,14,26H,2-4,19H2,1H3,(H2,20,27)(H,21,22)(H,23,30)(H,24,31)(H,25,32)(H,28,29)(H,33,34). The minimum Gasteiger partial charge on any atom is -0.481 e. The molecule has 0 spiro atoms. The van der Waals surface area contributed by atoms with Gasteiger partial charge >= 0.3 is 11.9 Å². The van der Waals surface area contributed by atoms with Crippen LogP contribution in [0, 0.1) is 0 Å². The topological polar surface area (TPSA) is 280 Å². The van der Waals surface area contributed by atoms with Crippen molar-refractivity contribution in [3.05, 3.63) is 18.2 Å². The molecule has 16 heteroatoms. The van der Waals surface area contributed by atoms with Crippen LogP contribution in [0.5, 0.6) is 0 Å². The average molecular weight is 485 g/mol. The number of imidazole rings is 1. The quantitative estimate of drug-likeness (QED) is 0.121. The van der Waals surface area contributed by atoms with Gasteiger partial charge in [-0.2, -0.15) is 0 Å². The second-order valence-electron chi connectivity index (χ2n) is 7.34. The largest absolute Gasteiger partial charge is 0.481 e. The number of primary amides is 1. The predicted octanol–water partition coefficient (Wildman–Crippen LogP) is -4.45. The van der Waals surface area contributed by atoms with Crippen molar-refractivity contribution in [1.29, 1.82) is 0 Å². The van der Waals surface area contributed by atoms with Crippen molar-refractivity contribution in [2.45, 2.75) is 56.5 Å². The number of carboxylic acids is 2. The van der Waals surface area contributed by atoms with Crippen LogP contribution in [-0.2, 0) is 35.2 Å². The maximum atomic E-state index is 12.7. The Labute approximate surface area is 192 Å². The summed E-state index contributed by atoms with van der Waals surface area (Å²) < 4.78 is 0. The van der Waals surface area contributed by atoms with Crippen LogP contribution in [0.3, 0.4) is 0 Å². The second kappa shape index (κ2) is 12.9. The molecule has 0 aliphatic heterocycles. The van der Waals surface area contributed by atoms with Crippen molar-refractivity contribution in [3.8, 4) is 0 Å². The predicted molar refractivity (Wildman–Crippen MR) is 111 cm³/mol. The van der Waals surface area contributed by atoms with Crippen LogP contribution in [0.2, 0.25) is 0 Å². The van der Waals surface area contributed by atoms with E-state index in [2.05, 4.69) is 20.6 Å². The van der Waals surface area contributed by atoms with Gasteiger partial charge in [0.2, 0.25) is 23.6 Å². The zero-order chi connectivity index (χ0) is 26.0. The zero-order valence-corrected chi connectivity index (χ0v) is 18.1. The number of carbonyl (C=O) groups is 6. The molecule has 0 aromatic carbocycles. The van der Waals surface area contributed by atoms with Gasteiger partial charge in [-0.15, -0.1) is 0 Å². The molecule has 0 aliphatic rings. The van der Waals surface area contributed by atoms with Gasteiger partial charge in [0, 0.05) is 18.3 Å². The van der Waals surface area contributed by atoms with E-state index in [1.165, 1.54) is 12.5 Å². The Morgan fingerprint density at radius 2 is 1.56 bits per heavy atom. The average Bonchev–Trinajstić information content (AvgIpc) is 3.22. The molecule has 34 heavy (non-hydrogen) atoms. The molecule has 16 nitrogen and oxygen atoms in total. The van der Waals surface area contributed by atoms with Gasteiger partial charge in [-0.25, -0.2) is 9.78 Å². The highest BCUT2D eigenvalue weighted by atomic mass is 16.4. The van der Waals surface area contributed by atoms with Crippen LogP contribution in [0.1, 0.15) is 25.5 Å². The number of nitrogens with two attached hydrogens (primary N) is 2. The molecular weight excluding hydrogens is 458 g/mol. The molecular formula is C18H27N7O9. The summed E-state index contributed by atoms with van der Waals surface area (Å²) in [4.78, 5) is 77.7. The molecule has 1 heterocycles. The summed E-state index contributed by atoms with van der Waals surface area (Å²) in [5, 5.41) is 33.9. The van der Waals surface area contributed by atoms with Crippen molar-refractivity contribution < 1.29 is 44.1 Å². The van der Waals surface area contributed by atoms with Crippen LogP contribution in [0.4, 0.5) is 0 Å². The number of amides is 4. The third-order valence-corrected chi connectivity index (χ3v) is 4.43. The highest BCUT2D eigenvalue weighted by molar-refractivity contribution is 5.97. The summed E-state index contributed by atoms with van der Waals surface area (Å²) in [5.41, 5.74) is 11.4. The summed E-state index contributed by atoms with van der Waals surface area (Å²) in [6.45, 7) is 1.09. The molecule has 5 atom stereocenters. The maximum absolute atomic E-state index is 12.7. The molecule has 0 fully saturated rings. The Kier molecular flexibility index (Phi) is 10.6. The van der Waals surface area contributed by atoms with E-state index >= 15 is 0 Å². The van der Waals surface area contributed by atoms with Gasteiger partial charge in [0.15, 0.2) is 6.04 Å². The molecule has 4 amide bonds. The van der Waals surface area contributed by atoms with Crippen molar-refractivity contribution in [2.75, 3.05) is 0 Å². The molecule has 1 rings (SSSR count). The van der Waals surface area contributed by atoms with E-state index in [0.717, 1.165) is 6.92 Å². The molecule has 0 saturated carbocycles. The lowest BCUT2D eigenvalue weighted by Gasteiger charge is -2.24. The fraction of sp³-hybridized carbons (Fsp3) is 0.500. The van der Waals surface area contributed by atoms with Crippen molar-refractivity contribution >= 4 is 35.6 Å². The number of nitrogens with zero attached hydrogens (tertiary/aromatic N) is 1. The highest BCUT2D eigenvalue weighted by Gasteiger charge is 2.33. The molecule has 0 bridgehead atoms. The molecule has 5 unspecified atom stereocenters. The number of carbonyl (C=O) groups excluding carboxylic acids is 4. The smallest absolute Gasteiger partial charge is 0.328 e. The van der Waals surface area contributed by atoms with E-state index in [0.29, 0.717) is 5.69 Å². The number of aliphatic carboxylic acids is 2. The molecule has 188 valence electrons. The van der Waals surface area contributed by atoms with Gasteiger partial charge in [-0.05, 0) is 6.92 Å². The number of aliphatic hydroxyl groups is 1. The van der Waals surface area contributed by atoms with E-state index in [-0.39, 0.29) is 6.42 Å². The molecule has 0 aliphatic carbocycles. The highest BCUT2D eigenvalue weighted by Crippen LogP contribution is 2.03. The first kappa shape index (κ1) is 28.0. The maximum Gasteiger partial charge on any atom is 0.328 e. The molecule has 1 aromatic heterocycles. The lowest BCUT2D eigenvalue weighted by atomic mass is 10.1. The normalized spacial score (nSPS) is 15.1. The van der Waals surface area contributed by atoms with Crippen molar-refractivity contribution in [2.24, 2.45) is 11.5 Å². The van der Waals surface area contributed by atoms with E-state index < -0.39 is 78.7 Å². The number of rotatable bonds is 14.